The van der Waals surface area contributed by atoms with Gasteiger partial charge in [0.25, 0.3) is 0 Å². The minimum absolute atomic E-state index is 0.371. The largest absolute Gasteiger partial charge is 0.481 e. The van der Waals surface area contributed by atoms with Crippen LogP contribution in [0.1, 0.15) is 0 Å². The van der Waals surface area contributed by atoms with Gasteiger partial charge in [0, 0.05) is 6.07 Å². The molecule has 0 unspecified atom stereocenters. The Morgan fingerprint density at radius 1 is 1.21 bits per heavy atom. The molecule has 2 heterocycles. The molecule has 6 nitrogen and oxygen atoms in total. The molecule has 6 heteroatoms. The SMILES string of the molecule is COc1ccc(-n2cnc3ccc(N=O)cc32)cn1. The number of fused-ring (bicyclic) bond motifs is 1. The second-order valence-electron chi connectivity index (χ2n) is 3.94. The molecule has 0 fully saturated rings. The summed E-state index contributed by atoms with van der Waals surface area (Å²) in [6.45, 7) is 0. The number of methoxy groups -OCH3 is 1. The van der Waals surface area contributed by atoms with Crippen LogP contribution in [0, 0.1) is 4.91 Å². The number of nitroso groups, excluding NO2 is 1. The molecule has 0 N–H and O–H groups in total. The van der Waals surface area contributed by atoms with Gasteiger partial charge in [-0.2, -0.15) is 0 Å². The Hall–Kier alpha value is -2.76. The standard InChI is InChI=1S/C13H10N4O2/c1-19-13-5-3-10(7-14-13)17-8-15-11-4-2-9(16-18)6-12(11)17/h2-8H,1H3. The zero-order valence-electron chi connectivity index (χ0n) is 10.1. The van der Waals surface area contributed by atoms with Crippen molar-refractivity contribution in [3.8, 4) is 11.6 Å². The molecular weight excluding hydrogens is 244 g/mol. The molecule has 0 atom stereocenters. The third-order valence-corrected chi connectivity index (χ3v) is 2.84. The van der Waals surface area contributed by atoms with Crippen molar-refractivity contribution in [2.75, 3.05) is 7.11 Å². The van der Waals surface area contributed by atoms with Crippen molar-refractivity contribution < 1.29 is 4.74 Å². The van der Waals surface area contributed by atoms with E-state index in [-0.39, 0.29) is 0 Å². The van der Waals surface area contributed by atoms with Crippen molar-refractivity contribution in [1.82, 2.24) is 14.5 Å². The average Bonchev–Trinajstić information content (AvgIpc) is 2.90. The number of ether oxygens (including phenoxy) is 1. The number of imidazole rings is 1. The van der Waals surface area contributed by atoms with E-state index in [2.05, 4.69) is 15.1 Å². The maximum atomic E-state index is 10.6. The molecule has 3 rings (SSSR count). The van der Waals surface area contributed by atoms with E-state index in [0.717, 1.165) is 16.7 Å². The summed E-state index contributed by atoms with van der Waals surface area (Å²) in [4.78, 5) is 19.0. The predicted octanol–water partition coefficient (Wildman–Crippen LogP) is 2.83. The molecule has 94 valence electrons. The van der Waals surface area contributed by atoms with Crippen LogP contribution in [0.15, 0.2) is 48.0 Å². The highest BCUT2D eigenvalue weighted by atomic mass is 16.5. The summed E-state index contributed by atoms with van der Waals surface area (Å²) in [5, 5.41) is 2.94. The zero-order valence-corrected chi connectivity index (χ0v) is 10.1. The van der Waals surface area contributed by atoms with E-state index >= 15 is 0 Å². The van der Waals surface area contributed by atoms with Crippen molar-refractivity contribution in [3.63, 3.8) is 0 Å². The molecule has 0 saturated carbocycles. The van der Waals surface area contributed by atoms with Crippen LogP contribution in [0.4, 0.5) is 5.69 Å². The molecule has 0 aliphatic carbocycles. The molecule has 3 aromatic rings. The van der Waals surface area contributed by atoms with Gasteiger partial charge >= 0.3 is 0 Å². The van der Waals surface area contributed by atoms with Crippen LogP contribution in [0.2, 0.25) is 0 Å². The third kappa shape index (κ3) is 1.93. The highest BCUT2D eigenvalue weighted by Gasteiger charge is 2.06. The van der Waals surface area contributed by atoms with Crippen LogP contribution in [0.5, 0.6) is 5.88 Å². The quantitative estimate of drug-likeness (QED) is 0.674. The second-order valence-corrected chi connectivity index (χ2v) is 3.94. The minimum atomic E-state index is 0.371. The van der Waals surface area contributed by atoms with E-state index < -0.39 is 0 Å². The summed E-state index contributed by atoms with van der Waals surface area (Å²) in [6, 6.07) is 8.73. The number of hydrogen-bond donors (Lipinski definition) is 0. The van der Waals surface area contributed by atoms with Crippen molar-refractivity contribution in [2.45, 2.75) is 0 Å². The van der Waals surface area contributed by atoms with Gasteiger partial charge in [0.15, 0.2) is 0 Å². The van der Waals surface area contributed by atoms with E-state index in [1.165, 1.54) is 0 Å². The molecule has 0 saturated heterocycles. The lowest BCUT2D eigenvalue weighted by Gasteiger charge is -2.04. The number of benzene rings is 1. The third-order valence-electron chi connectivity index (χ3n) is 2.84. The number of hydrogen-bond acceptors (Lipinski definition) is 5. The van der Waals surface area contributed by atoms with Crippen LogP contribution in [0.25, 0.3) is 16.7 Å². The Balaban J connectivity index is 2.15. The van der Waals surface area contributed by atoms with Crippen LogP contribution >= 0.6 is 0 Å². The second kappa shape index (κ2) is 4.49. The van der Waals surface area contributed by atoms with Crippen molar-refractivity contribution in [2.24, 2.45) is 5.18 Å². The summed E-state index contributed by atoms with van der Waals surface area (Å²) >= 11 is 0. The first-order valence-electron chi connectivity index (χ1n) is 5.62. The molecule has 1 aromatic carbocycles. The lowest BCUT2D eigenvalue weighted by atomic mass is 10.2. The normalized spacial score (nSPS) is 10.6. The van der Waals surface area contributed by atoms with E-state index in [1.807, 2.05) is 10.6 Å². The van der Waals surface area contributed by atoms with Crippen molar-refractivity contribution >= 4 is 16.7 Å². The lowest BCUT2D eigenvalue weighted by molar-refractivity contribution is 0.398. The fraction of sp³-hybridized carbons (Fsp3) is 0.0769. The Labute approximate surface area is 108 Å². The maximum absolute atomic E-state index is 10.6. The fourth-order valence-corrected chi connectivity index (χ4v) is 1.89. The topological polar surface area (TPSA) is 69.4 Å². The van der Waals surface area contributed by atoms with E-state index in [9.17, 15) is 4.91 Å². The smallest absolute Gasteiger partial charge is 0.213 e. The van der Waals surface area contributed by atoms with Crippen LogP contribution in [-0.4, -0.2) is 21.6 Å². The lowest BCUT2D eigenvalue weighted by Crippen LogP contribution is -1.94. The monoisotopic (exact) mass is 254 g/mol. The Morgan fingerprint density at radius 2 is 2.11 bits per heavy atom. The van der Waals surface area contributed by atoms with Gasteiger partial charge in [-0.05, 0) is 29.4 Å². The Bertz CT molecular complexity index is 734. The van der Waals surface area contributed by atoms with E-state index in [0.29, 0.717) is 11.6 Å². The highest BCUT2D eigenvalue weighted by molar-refractivity contribution is 5.80. The molecule has 2 aromatic heterocycles. The minimum Gasteiger partial charge on any atom is -0.481 e. The molecule has 0 aliphatic rings. The summed E-state index contributed by atoms with van der Waals surface area (Å²) in [6.07, 6.45) is 3.36. The van der Waals surface area contributed by atoms with Gasteiger partial charge in [-0.25, -0.2) is 9.97 Å². The molecule has 0 bridgehead atoms. The molecule has 0 aliphatic heterocycles. The first kappa shape index (κ1) is 11.3. The molecule has 19 heavy (non-hydrogen) atoms. The van der Waals surface area contributed by atoms with Gasteiger partial charge in [0.2, 0.25) is 5.88 Å². The molecule has 0 amide bonds. The number of nitrogens with zero attached hydrogens (tertiary/aromatic N) is 4. The highest BCUT2D eigenvalue weighted by Crippen LogP contribution is 2.23. The van der Waals surface area contributed by atoms with Crippen LogP contribution < -0.4 is 4.74 Å². The molecular formula is C13H10N4O2. The molecule has 0 spiro atoms. The Kier molecular flexibility index (Phi) is 2.68. The Morgan fingerprint density at radius 3 is 2.79 bits per heavy atom. The summed E-state index contributed by atoms with van der Waals surface area (Å²) in [5.41, 5.74) is 2.81. The molecule has 0 radical (unpaired) electrons. The fourth-order valence-electron chi connectivity index (χ4n) is 1.89. The van der Waals surface area contributed by atoms with Gasteiger partial charge in [-0.15, -0.1) is 4.91 Å². The zero-order chi connectivity index (χ0) is 13.2. The number of pyridine rings is 1. The first-order valence-corrected chi connectivity index (χ1v) is 5.62. The number of aromatic nitrogens is 3. The summed E-state index contributed by atoms with van der Waals surface area (Å²) in [7, 11) is 1.57. The predicted molar refractivity (Wildman–Crippen MR) is 70.9 cm³/mol. The summed E-state index contributed by atoms with van der Waals surface area (Å²) < 4.78 is 6.86. The van der Waals surface area contributed by atoms with Gasteiger partial charge in [0.1, 0.15) is 12.0 Å². The van der Waals surface area contributed by atoms with Crippen LogP contribution in [0.3, 0.4) is 0 Å². The van der Waals surface area contributed by atoms with Gasteiger partial charge in [-0.1, -0.05) is 0 Å². The van der Waals surface area contributed by atoms with Gasteiger partial charge < -0.3 is 4.74 Å². The van der Waals surface area contributed by atoms with E-state index in [1.54, 1.807) is 43.9 Å². The maximum Gasteiger partial charge on any atom is 0.213 e. The summed E-state index contributed by atoms with van der Waals surface area (Å²) in [5.74, 6) is 0.545. The van der Waals surface area contributed by atoms with Gasteiger partial charge in [0.05, 0.1) is 30.0 Å². The van der Waals surface area contributed by atoms with Crippen LogP contribution in [-0.2, 0) is 0 Å². The first-order chi connectivity index (χ1) is 9.31. The van der Waals surface area contributed by atoms with Crippen molar-refractivity contribution in [3.05, 3.63) is 47.8 Å². The van der Waals surface area contributed by atoms with E-state index in [4.69, 9.17) is 4.74 Å². The van der Waals surface area contributed by atoms with Crippen molar-refractivity contribution in [1.29, 1.82) is 0 Å². The van der Waals surface area contributed by atoms with Gasteiger partial charge in [-0.3, -0.25) is 4.57 Å². The number of rotatable bonds is 3. The average molecular weight is 254 g/mol.